The molecule has 1 aromatic rings. The van der Waals surface area contributed by atoms with Gasteiger partial charge in [0.15, 0.2) is 14.9 Å². The lowest BCUT2D eigenvalue weighted by atomic mass is 10.1. The monoisotopic (exact) mass is 365 g/mol. The lowest BCUT2D eigenvalue weighted by molar-refractivity contribution is 0.0123. The first kappa shape index (κ1) is 17.7. The van der Waals surface area contributed by atoms with Gasteiger partial charge in [0.25, 0.3) is 6.43 Å². The van der Waals surface area contributed by atoms with Gasteiger partial charge in [-0.3, -0.25) is 0 Å². The fraction of sp³-hybridized carbons (Fsp3) is 0.538. The van der Waals surface area contributed by atoms with Crippen molar-refractivity contribution in [2.75, 3.05) is 0 Å². The molecule has 0 atom stereocenters. The van der Waals surface area contributed by atoms with E-state index in [9.17, 15) is 17.2 Å². The third-order valence-corrected chi connectivity index (χ3v) is 5.15. The molecule has 0 aromatic carbocycles. The van der Waals surface area contributed by atoms with Gasteiger partial charge in [0.05, 0.1) is 5.75 Å². The van der Waals surface area contributed by atoms with Crippen LogP contribution in [-0.2, 0) is 27.0 Å². The number of alkyl halides is 2. The normalized spacial score (nSPS) is 17.0. The zero-order chi connectivity index (χ0) is 17.4. The Hall–Kier alpha value is -1.66. The van der Waals surface area contributed by atoms with Crippen LogP contribution in [0, 0.1) is 12.3 Å². The first-order valence-corrected chi connectivity index (χ1v) is 8.55. The summed E-state index contributed by atoms with van der Waals surface area (Å²) in [5.41, 5.74) is -1.73. The Morgan fingerprint density at radius 1 is 1.52 bits per heavy atom. The number of terminal acetylenes is 1. The number of rotatable bonds is 4. The quantitative estimate of drug-likeness (QED) is 0.768. The van der Waals surface area contributed by atoms with Crippen molar-refractivity contribution in [3.05, 3.63) is 16.4 Å². The number of halogens is 3. The predicted octanol–water partition coefficient (Wildman–Crippen LogP) is 2.53. The third-order valence-electron chi connectivity index (χ3n) is 3.13. The van der Waals surface area contributed by atoms with Gasteiger partial charge in [-0.1, -0.05) is 22.7 Å². The van der Waals surface area contributed by atoms with Crippen LogP contribution in [0.3, 0.4) is 0 Å². The summed E-state index contributed by atoms with van der Waals surface area (Å²) in [5, 5.41) is 6.71. The van der Waals surface area contributed by atoms with Crippen molar-refractivity contribution in [2.45, 2.75) is 44.6 Å². The van der Waals surface area contributed by atoms with Crippen LogP contribution in [0.15, 0.2) is 5.16 Å². The summed E-state index contributed by atoms with van der Waals surface area (Å²) in [6.45, 7) is 3.19. The van der Waals surface area contributed by atoms with Gasteiger partial charge in [0.2, 0.25) is 0 Å². The van der Waals surface area contributed by atoms with Gasteiger partial charge in [-0.25, -0.2) is 21.9 Å². The molecule has 126 valence electrons. The highest BCUT2D eigenvalue weighted by Crippen LogP contribution is 2.32. The number of nitrogens with zero attached hydrogens (tertiary/aromatic N) is 3. The standard InChI is InChI=1S/C13H14ClF2N3O3S/c1-4-5-19-11(14)8(10(17-19)12(15)16)7-23(20,21)9-6-13(2,3)22-18-9/h1,12H,5-7H2,2-3H3. The third kappa shape index (κ3) is 3.64. The van der Waals surface area contributed by atoms with Gasteiger partial charge in [0.1, 0.15) is 23.0 Å². The molecule has 2 rings (SSSR count). The smallest absolute Gasteiger partial charge is 0.282 e. The summed E-state index contributed by atoms with van der Waals surface area (Å²) < 4.78 is 51.9. The summed E-state index contributed by atoms with van der Waals surface area (Å²) in [6, 6.07) is 0. The van der Waals surface area contributed by atoms with Gasteiger partial charge in [-0.05, 0) is 13.8 Å². The van der Waals surface area contributed by atoms with Crippen molar-refractivity contribution >= 4 is 26.5 Å². The van der Waals surface area contributed by atoms with Crippen LogP contribution in [0.5, 0.6) is 0 Å². The molecule has 0 N–H and O–H groups in total. The molecule has 10 heteroatoms. The molecule has 0 unspecified atom stereocenters. The van der Waals surface area contributed by atoms with Crippen LogP contribution in [-0.4, -0.2) is 28.8 Å². The average molecular weight is 366 g/mol. The van der Waals surface area contributed by atoms with Gasteiger partial charge in [0, 0.05) is 12.0 Å². The fourth-order valence-corrected chi connectivity index (χ4v) is 3.93. The van der Waals surface area contributed by atoms with Crippen LogP contribution in [0.1, 0.15) is 38.0 Å². The number of hydrogen-bond donors (Lipinski definition) is 0. The Labute approximate surface area is 137 Å². The molecule has 1 aliphatic rings. The highest BCUT2D eigenvalue weighted by Gasteiger charge is 2.37. The summed E-state index contributed by atoms with van der Waals surface area (Å²) in [7, 11) is -3.96. The molecule has 1 aliphatic heterocycles. The Morgan fingerprint density at radius 3 is 2.65 bits per heavy atom. The van der Waals surface area contributed by atoms with E-state index < -0.39 is 33.3 Å². The van der Waals surface area contributed by atoms with E-state index in [-0.39, 0.29) is 28.7 Å². The van der Waals surface area contributed by atoms with Crippen LogP contribution < -0.4 is 0 Å². The molecule has 6 nitrogen and oxygen atoms in total. The molecule has 0 amide bonds. The first-order valence-electron chi connectivity index (χ1n) is 6.52. The van der Waals surface area contributed by atoms with Gasteiger partial charge < -0.3 is 4.84 Å². The molecular weight excluding hydrogens is 352 g/mol. The number of sulfone groups is 1. The first-order chi connectivity index (χ1) is 10.6. The Morgan fingerprint density at radius 2 is 2.17 bits per heavy atom. The Balaban J connectivity index is 2.38. The molecule has 0 saturated heterocycles. The zero-order valence-electron chi connectivity index (χ0n) is 12.4. The number of hydrogen-bond acceptors (Lipinski definition) is 5. The van der Waals surface area contributed by atoms with Crippen molar-refractivity contribution in [1.29, 1.82) is 0 Å². The lowest BCUT2D eigenvalue weighted by Gasteiger charge is -2.13. The second-order valence-corrected chi connectivity index (χ2v) is 7.94. The second-order valence-electron chi connectivity index (χ2n) is 5.59. The van der Waals surface area contributed by atoms with E-state index in [1.807, 2.05) is 0 Å². The largest absolute Gasteiger partial charge is 0.389 e. The lowest BCUT2D eigenvalue weighted by Crippen LogP contribution is -2.23. The van der Waals surface area contributed by atoms with Crippen LogP contribution in [0.25, 0.3) is 0 Å². The summed E-state index contributed by atoms with van der Waals surface area (Å²) >= 11 is 5.96. The summed E-state index contributed by atoms with van der Waals surface area (Å²) in [4.78, 5) is 5.01. The van der Waals surface area contributed by atoms with Crippen molar-refractivity contribution in [3.8, 4) is 12.3 Å². The highest BCUT2D eigenvalue weighted by molar-refractivity contribution is 8.05. The van der Waals surface area contributed by atoms with E-state index in [4.69, 9.17) is 22.9 Å². The van der Waals surface area contributed by atoms with Crippen LogP contribution in [0.4, 0.5) is 8.78 Å². The molecule has 0 aliphatic carbocycles. The van der Waals surface area contributed by atoms with Crippen LogP contribution in [0.2, 0.25) is 5.15 Å². The maximum Gasteiger partial charge on any atom is 0.282 e. The van der Waals surface area contributed by atoms with Crippen molar-refractivity contribution < 1.29 is 22.0 Å². The van der Waals surface area contributed by atoms with Crippen LogP contribution >= 0.6 is 11.6 Å². The molecule has 2 heterocycles. The molecule has 0 spiro atoms. The number of oxime groups is 1. The van der Waals surface area contributed by atoms with E-state index >= 15 is 0 Å². The molecule has 0 saturated carbocycles. The molecular formula is C13H14ClF2N3O3S. The van der Waals surface area contributed by atoms with Crippen molar-refractivity contribution in [2.24, 2.45) is 5.16 Å². The van der Waals surface area contributed by atoms with Crippen molar-refractivity contribution in [1.82, 2.24) is 9.78 Å². The maximum absolute atomic E-state index is 13.1. The minimum Gasteiger partial charge on any atom is -0.389 e. The Bertz CT molecular complexity index is 794. The minimum atomic E-state index is -3.96. The SMILES string of the molecule is C#CCn1nc(C(F)F)c(CS(=O)(=O)C2=NOC(C)(C)C2)c1Cl. The maximum atomic E-state index is 13.1. The molecule has 0 fully saturated rings. The van der Waals surface area contributed by atoms with E-state index in [2.05, 4.69) is 16.2 Å². The highest BCUT2D eigenvalue weighted by atomic mass is 35.5. The molecule has 23 heavy (non-hydrogen) atoms. The molecule has 0 radical (unpaired) electrons. The van der Waals surface area contributed by atoms with E-state index in [0.717, 1.165) is 4.68 Å². The van der Waals surface area contributed by atoms with E-state index in [1.165, 1.54) is 0 Å². The van der Waals surface area contributed by atoms with E-state index in [0.29, 0.717) is 0 Å². The van der Waals surface area contributed by atoms with Crippen molar-refractivity contribution in [3.63, 3.8) is 0 Å². The average Bonchev–Trinajstić information content (AvgIpc) is 2.94. The van der Waals surface area contributed by atoms with E-state index in [1.54, 1.807) is 13.8 Å². The van der Waals surface area contributed by atoms with Gasteiger partial charge in [-0.2, -0.15) is 5.10 Å². The zero-order valence-corrected chi connectivity index (χ0v) is 14.0. The predicted molar refractivity (Wildman–Crippen MR) is 80.9 cm³/mol. The minimum absolute atomic E-state index is 0.0510. The Kier molecular flexibility index (Phi) is 4.69. The second kappa shape index (κ2) is 6.09. The summed E-state index contributed by atoms with van der Waals surface area (Å²) in [6.07, 6.45) is 2.18. The molecule has 1 aromatic heterocycles. The van der Waals surface area contributed by atoms with Gasteiger partial charge >= 0.3 is 0 Å². The fourth-order valence-electron chi connectivity index (χ4n) is 2.04. The summed E-state index contributed by atoms with van der Waals surface area (Å²) in [5.74, 6) is 1.47. The van der Waals surface area contributed by atoms with Gasteiger partial charge in [-0.15, -0.1) is 6.42 Å². The molecule has 0 bridgehead atoms. The number of aromatic nitrogens is 2. The topological polar surface area (TPSA) is 73.5 Å².